The first-order valence-electron chi connectivity index (χ1n) is 15.4. The van der Waals surface area contributed by atoms with Gasteiger partial charge in [-0.2, -0.15) is 0 Å². The zero-order chi connectivity index (χ0) is 28.7. The van der Waals surface area contributed by atoms with Gasteiger partial charge in [-0.3, -0.25) is 4.79 Å². The van der Waals surface area contributed by atoms with Crippen LogP contribution >= 0.6 is 0 Å². The summed E-state index contributed by atoms with van der Waals surface area (Å²) in [5.41, 5.74) is 4.62. The number of carbonyl (C=O) groups is 1. The van der Waals surface area contributed by atoms with Crippen molar-refractivity contribution < 1.29 is 4.79 Å². The number of fused-ring (bicyclic) bond motifs is 3. The highest BCUT2D eigenvalue weighted by Gasteiger charge is 2.22. The molecule has 0 aliphatic heterocycles. The van der Waals surface area contributed by atoms with Crippen LogP contribution in [0.15, 0.2) is 115 Å². The number of aromatic nitrogens is 1. The number of hydrogen-bond donors (Lipinski definition) is 0. The van der Waals surface area contributed by atoms with Gasteiger partial charge in [-0.1, -0.05) is 136 Å². The van der Waals surface area contributed by atoms with Gasteiger partial charge in [-0.05, 0) is 51.7 Å². The number of rotatable bonds is 11. The zero-order valence-electron chi connectivity index (χ0n) is 24.4. The summed E-state index contributed by atoms with van der Waals surface area (Å²) in [6.07, 6.45) is 7.10. The van der Waals surface area contributed by atoms with Gasteiger partial charge >= 0.3 is 0 Å². The second-order valence-corrected chi connectivity index (χ2v) is 11.2. The minimum Gasteiger partial charge on any atom is -0.334 e. The number of unbranched alkanes of at least 4 members (excludes halogenated alkanes) is 5. The van der Waals surface area contributed by atoms with Gasteiger partial charge in [-0.15, -0.1) is 0 Å². The molecule has 5 aromatic carbocycles. The Bertz CT molecular complexity index is 1770. The summed E-state index contributed by atoms with van der Waals surface area (Å²) in [5.74, 6) is 0.0661. The molecule has 1 amide bonds. The first-order chi connectivity index (χ1) is 20.7. The second kappa shape index (κ2) is 13.0. The van der Waals surface area contributed by atoms with Gasteiger partial charge in [0.1, 0.15) is 0 Å². The standard InChI is InChI=1S/C39H38N2O/c1-2-3-4-5-6-16-25-41(28-36-32-21-12-10-19-30(32)26-31-20-11-13-22-33(31)36)39(42)35-27-38(29-17-8-7-9-18-29)40-37-24-15-14-23-34(35)37/h7-15,17-24,26-27H,2-6,16,25,28H2,1H3. The molecule has 0 bridgehead atoms. The summed E-state index contributed by atoms with van der Waals surface area (Å²) in [6.45, 7) is 3.53. The molecular weight excluding hydrogens is 512 g/mol. The maximum Gasteiger partial charge on any atom is 0.254 e. The summed E-state index contributed by atoms with van der Waals surface area (Å²) in [4.78, 5) is 21.7. The summed E-state index contributed by atoms with van der Waals surface area (Å²) in [6, 6.07) is 39.6. The number of nitrogens with zero attached hydrogens (tertiary/aromatic N) is 2. The zero-order valence-corrected chi connectivity index (χ0v) is 24.4. The third-order valence-corrected chi connectivity index (χ3v) is 8.32. The van der Waals surface area contributed by atoms with Gasteiger partial charge in [0.05, 0.1) is 16.8 Å². The largest absolute Gasteiger partial charge is 0.334 e. The molecule has 6 rings (SSSR count). The number of benzene rings is 5. The Morgan fingerprint density at radius 3 is 1.95 bits per heavy atom. The average molecular weight is 551 g/mol. The molecule has 0 saturated carbocycles. The Labute approximate surface area is 248 Å². The second-order valence-electron chi connectivity index (χ2n) is 11.2. The van der Waals surface area contributed by atoms with E-state index in [2.05, 4.69) is 78.6 Å². The molecule has 0 spiro atoms. The highest BCUT2D eigenvalue weighted by atomic mass is 16.2. The first kappa shape index (κ1) is 27.7. The number of para-hydroxylation sites is 1. The van der Waals surface area contributed by atoms with Crippen LogP contribution in [0.4, 0.5) is 0 Å². The van der Waals surface area contributed by atoms with Crippen molar-refractivity contribution in [1.29, 1.82) is 0 Å². The highest BCUT2D eigenvalue weighted by Crippen LogP contribution is 2.31. The lowest BCUT2D eigenvalue weighted by molar-refractivity contribution is 0.0743. The van der Waals surface area contributed by atoms with E-state index in [1.807, 2.05) is 48.5 Å². The lowest BCUT2D eigenvalue weighted by atomic mass is 9.96. The molecule has 0 saturated heterocycles. The van der Waals surface area contributed by atoms with E-state index in [4.69, 9.17) is 4.98 Å². The van der Waals surface area contributed by atoms with E-state index in [1.54, 1.807) is 0 Å². The number of carbonyl (C=O) groups excluding carboxylic acids is 1. The molecule has 0 radical (unpaired) electrons. The van der Waals surface area contributed by atoms with Gasteiger partial charge in [0.15, 0.2) is 0 Å². The average Bonchev–Trinajstić information content (AvgIpc) is 3.05. The number of pyridine rings is 1. The fraction of sp³-hybridized carbons (Fsp3) is 0.231. The Kier molecular flexibility index (Phi) is 8.56. The van der Waals surface area contributed by atoms with Gasteiger partial charge in [0, 0.05) is 24.0 Å². The molecule has 1 aromatic heterocycles. The van der Waals surface area contributed by atoms with Gasteiger partial charge in [0.2, 0.25) is 0 Å². The van der Waals surface area contributed by atoms with Crippen LogP contribution in [0.1, 0.15) is 61.4 Å². The maximum absolute atomic E-state index is 14.7. The molecule has 3 nitrogen and oxygen atoms in total. The molecule has 6 aromatic rings. The van der Waals surface area contributed by atoms with Crippen LogP contribution in [0.3, 0.4) is 0 Å². The summed E-state index contributed by atoms with van der Waals surface area (Å²) in [5, 5.41) is 5.73. The van der Waals surface area contributed by atoms with E-state index in [1.165, 1.54) is 52.8 Å². The van der Waals surface area contributed by atoms with Crippen molar-refractivity contribution in [2.24, 2.45) is 0 Å². The number of hydrogen-bond acceptors (Lipinski definition) is 2. The molecule has 0 N–H and O–H groups in total. The number of amides is 1. The van der Waals surface area contributed by atoms with Crippen molar-refractivity contribution in [1.82, 2.24) is 9.88 Å². The van der Waals surface area contributed by atoms with Crippen LogP contribution < -0.4 is 0 Å². The van der Waals surface area contributed by atoms with Crippen molar-refractivity contribution in [2.75, 3.05) is 6.54 Å². The predicted molar refractivity (Wildman–Crippen MR) is 177 cm³/mol. The Morgan fingerprint density at radius 2 is 1.24 bits per heavy atom. The quantitative estimate of drug-likeness (QED) is 0.119. The monoisotopic (exact) mass is 550 g/mol. The van der Waals surface area contributed by atoms with Crippen molar-refractivity contribution >= 4 is 38.4 Å². The Balaban J connectivity index is 1.43. The lowest BCUT2D eigenvalue weighted by Crippen LogP contribution is -2.32. The molecule has 210 valence electrons. The maximum atomic E-state index is 14.7. The van der Waals surface area contributed by atoms with Crippen LogP contribution in [-0.2, 0) is 6.54 Å². The van der Waals surface area contributed by atoms with E-state index in [-0.39, 0.29) is 5.91 Å². The molecule has 0 aliphatic carbocycles. The van der Waals surface area contributed by atoms with Crippen molar-refractivity contribution in [3.05, 3.63) is 126 Å². The molecule has 0 fully saturated rings. The van der Waals surface area contributed by atoms with Gasteiger partial charge in [-0.25, -0.2) is 4.98 Å². The first-order valence-corrected chi connectivity index (χ1v) is 15.4. The van der Waals surface area contributed by atoms with Crippen LogP contribution in [0, 0.1) is 0 Å². The topological polar surface area (TPSA) is 33.2 Å². The van der Waals surface area contributed by atoms with Gasteiger partial charge < -0.3 is 4.90 Å². The molecule has 3 heteroatoms. The summed E-state index contributed by atoms with van der Waals surface area (Å²) >= 11 is 0. The fourth-order valence-electron chi connectivity index (χ4n) is 6.08. The van der Waals surface area contributed by atoms with Crippen molar-refractivity contribution in [3.63, 3.8) is 0 Å². The van der Waals surface area contributed by atoms with E-state index in [9.17, 15) is 4.79 Å². The Hall–Kier alpha value is -4.50. The highest BCUT2D eigenvalue weighted by molar-refractivity contribution is 6.08. The van der Waals surface area contributed by atoms with E-state index < -0.39 is 0 Å². The molecule has 0 atom stereocenters. The summed E-state index contributed by atoms with van der Waals surface area (Å²) < 4.78 is 0. The lowest BCUT2D eigenvalue weighted by Gasteiger charge is -2.26. The molecular formula is C39H38N2O. The van der Waals surface area contributed by atoms with Crippen molar-refractivity contribution in [2.45, 2.75) is 52.0 Å². The molecule has 42 heavy (non-hydrogen) atoms. The van der Waals surface area contributed by atoms with Crippen LogP contribution in [-0.4, -0.2) is 22.3 Å². The molecule has 0 unspecified atom stereocenters. The minimum atomic E-state index is 0.0661. The van der Waals surface area contributed by atoms with Crippen LogP contribution in [0.2, 0.25) is 0 Å². The van der Waals surface area contributed by atoms with Gasteiger partial charge in [0.25, 0.3) is 5.91 Å². The SMILES string of the molecule is CCCCCCCCN(Cc1c2ccccc2cc2ccccc12)C(=O)c1cc(-c2ccccc2)nc2ccccc12. The van der Waals surface area contributed by atoms with E-state index >= 15 is 0 Å². The van der Waals surface area contributed by atoms with Crippen LogP contribution in [0.25, 0.3) is 43.7 Å². The summed E-state index contributed by atoms with van der Waals surface area (Å²) in [7, 11) is 0. The fourth-order valence-corrected chi connectivity index (χ4v) is 6.08. The molecule has 0 aliphatic rings. The van der Waals surface area contributed by atoms with E-state index in [0.29, 0.717) is 6.54 Å². The smallest absolute Gasteiger partial charge is 0.254 e. The van der Waals surface area contributed by atoms with Crippen molar-refractivity contribution in [3.8, 4) is 11.3 Å². The normalized spacial score (nSPS) is 11.4. The van der Waals surface area contributed by atoms with Crippen LogP contribution in [0.5, 0.6) is 0 Å². The minimum absolute atomic E-state index is 0.0661. The molecule has 1 heterocycles. The van der Waals surface area contributed by atoms with E-state index in [0.717, 1.165) is 47.1 Å². The third-order valence-electron chi connectivity index (χ3n) is 8.32. The third kappa shape index (κ3) is 5.92. The Morgan fingerprint density at radius 1 is 0.643 bits per heavy atom. The predicted octanol–water partition coefficient (Wildman–Crippen LogP) is 10.2.